The number of imide groups is 1. The molecule has 0 aliphatic rings. The summed E-state index contributed by atoms with van der Waals surface area (Å²) in [7, 11) is 0. The quantitative estimate of drug-likeness (QED) is 0.668. The zero-order valence-electron chi connectivity index (χ0n) is 16.4. The summed E-state index contributed by atoms with van der Waals surface area (Å²) in [6.45, 7) is 5.13. The van der Waals surface area contributed by atoms with Gasteiger partial charge in [0.05, 0.1) is 0 Å². The van der Waals surface area contributed by atoms with E-state index in [4.69, 9.17) is 21.1 Å². The van der Waals surface area contributed by atoms with E-state index in [0.29, 0.717) is 10.8 Å². The molecule has 8 heteroatoms. The van der Waals surface area contributed by atoms with Crippen LogP contribution in [0.15, 0.2) is 48.5 Å². The second kappa shape index (κ2) is 10.5. The first kappa shape index (κ1) is 22.2. The Balaban J connectivity index is 1.98. The second-order valence-corrected chi connectivity index (χ2v) is 7.01. The number of urea groups is 1. The van der Waals surface area contributed by atoms with Crippen LogP contribution in [0.3, 0.4) is 0 Å². The minimum Gasteiger partial charge on any atom is -0.488 e. The van der Waals surface area contributed by atoms with Crippen LogP contribution in [0.5, 0.6) is 5.75 Å². The topological polar surface area (TPSA) is 93.7 Å². The minimum absolute atomic E-state index is 0.134. The monoisotopic (exact) mass is 418 g/mol. The first-order valence-corrected chi connectivity index (χ1v) is 9.42. The Morgan fingerprint density at radius 3 is 2.31 bits per heavy atom. The smallest absolute Gasteiger partial charge is 0.342 e. The lowest BCUT2D eigenvalue weighted by Gasteiger charge is -2.16. The summed E-state index contributed by atoms with van der Waals surface area (Å²) in [5.41, 5.74) is 1.05. The van der Waals surface area contributed by atoms with Gasteiger partial charge in [-0.05, 0) is 50.6 Å². The molecule has 0 bridgehead atoms. The van der Waals surface area contributed by atoms with Gasteiger partial charge in [-0.3, -0.25) is 10.1 Å². The van der Waals surface area contributed by atoms with Gasteiger partial charge in [0.25, 0.3) is 5.91 Å². The fourth-order valence-corrected chi connectivity index (χ4v) is 2.42. The lowest BCUT2D eigenvalue weighted by molar-refractivity contribution is -0.127. The summed E-state index contributed by atoms with van der Waals surface area (Å²) in [5.74, 6) is -1.14. The van der Waals surface area contributed by atoms with E-state index in [9.17, 15) is 14.4 Å². The van der Waals surface area contributed by atoms with E-state index in [1.54, 1.807) is 44.2 Å². The molecule has 0 heterocycles. The van der Waals surface area contributed by atoms with E-state index >= 15 is 0 Å². The largest absolute Gasteiger partial charge is 0.488 e. The maximum Gasteiger partial charge on any atom is 0.342 e. The second-order valence-electron chi connectivity index (χ2n) is 6.58. The molecule has 2 N–H and O–H groups in total. The molecule has 29 heavy (non-hydrogen) atoms. The highest BCUT2D eigenvalue weighted by Crippen LogP contribution is 2.21. The zero-order chi connectivity index (χ0) is 21.4. The molecule has 0 aromatic heterocycles. The number of nitrogens with one attached hydrogen (secondary N) is 2. The molecule has 0 aliphatic carbocycles. The van der Waals surface area contributed by atoms with Gasteiger partial charge in [0.2, 0.25) is 0 Å². The Labute approximate surface area is 174 Å². The molecule has 0 radical (unpaired) electrons. The molecule has 0 saturated heterocycles. The van der Waals surface area contributed by atoms with Crippen molar-refractivity contribution in [2.45, 2.75) is 39.5 Å². The van der Waals surface area contributed by atoms with Crippen molar-refractivity contribution in [1.82, 2.24) is 10.6 Å². The number of carbonyl (C=O) groups excluding carboxylic acids is 3. The summed E-state index contributed by atoms with van der Waals surface area (Å²) < 4.78 is 10.9. The van der Waals surface area contributed by atoms with Gasteiger partial charge in [-0.15, -0.1) is 0 Å². The maximum absolute atomic E-state index is 12.5. The molecular weight excluding hydrogens is 396 g/mol. The van der Waals surface area contributed by atoms with Gasteiger partial charge >= 0.3 is 12.0 Å². The van der Waals surface area contributed by atoms with Crippen LogP contribution >= 0.6 is 11.6 Å². The molecule has 1 atom stereocenters. The Bertz CT molecular complexity index is 868. The Morgan fingerprint density at radius 2 is 1.66 bits per heavy atom. The number of esters is 1. The van der Waals surface area contributed by atoms with Crippen LogP contribution in [-0.4, -0.2) is 30.1 Å². The number of halogens is 1. The van der Waals surface area contributed by atoms with Crippen LogP contribution in [0, 0.1) is 0 Å². The summed E-state index contributed by atoms with van der Waals surface area (Å²) in [4.78, 5) is 36.1. The van der Waals surface area contributed by atoms with Crippen molar-refractivity contribution >= 4 is 29.5 Å². The molecule has 2 aromatic rings. The fourth-order valence-electron chi connectivity index (χ4n) is 2.29. The first-order chi connectivity index (χ1) is 13.8. The van der Waals surface area contributed by atoms with Gasteiger partial charge in [0, 0.05) is 11.1 Å². The van der Waals surface area contributed by atoms with Crippen LogP contribution in [0.2, 0.25) is 5.02 Å². The lowest BCUT2D eigenvalue weighted by Crippen LogP contribution is -2.46. The average molecular weight is 419 g/mol. The highest BCUT2D eigenvalue weighted by molar-refractivity contribution is 6.30. The number of hydrogen-bond donors (Lipinski definition) is 2. The van der Waals surface area contributed by atoms with E-state index in [-0.39, 0.29) is 18.2 Å². The predicted octanol–water partition coefficient (Wildman–Crippen LogP) is 3.70. The van der Waals surface area contributed by atoms with Crippen molar-refractivity contribution < 1.29 is 23.9 Å². The third kappa shape index (κ3) is 7.12. The minimum atomic E-state index is -1.16. The van der Waals surface area contributed by atoms with Crippen LogP contribution in [0.25, 0.3) is 0 Å². The summed E-state index contributed by atoms with van der Waals surface area (Å²) >= 11 is 5.87. The van der Waals surface area contributed by atoms with Crippen molar-refractivity contribution in [2.24, 2.45) is 0 Å². The number of rotatable bonds is 7. The number of ether oxygens (including phenoxy) is 2. The van der Waals surface area contributed by atoms with Crippen LogP contribution in [0.4, 0.5) is 4.79 Å². The van der Waals surface area contributed by atoms with E-state index < -0.39 is 24.0 Å². The number of para-hydroxylation sites is 1. The fraction of sp³-hybridized carbons (Fsp3) is 0.286. The van der Waals surface area contributed by atoms with E-state index in [2.05, 4.69) is 10.6 Å². The molecule has 2 aromatic carbocycles. The average Bonchev–Trinajstić information content (AvgIpc) is 2.67. The molecule has 1 unspecified atom stereocenters. The standard InChI is InChI=1S/C21H23ClN2O5/c1-13(2)23-21(27)24-19(25)14(3)29-20(26)17-6-4-5-7-18(17)28-12-15-8-10-16(22)11-9-15/h4-11,13-14H,12H2,1-3H3,(H2,23,24,25,27). The van der Waals surface area contributed by atoms with Crippen molar-refractivity contribution in [1.29, 1.82) is 0 Å². The van der Waals surface area contributed by atoms with Crippen LogP contribution in [-0.2, 0) is 16.1 Å². The number of hydrogen-bond acceptors (Lipinski definition) is 5. The van der Waals surface area contributed by atoms with Crippen LogP contribution in [0.1, 0.15) is 36.7 Å². The van der Waals surface area contributed by atoms with E-state index in [1.165, 1.54) is 13.0 Å². The van der Waals surface area contributed by atoms with Gasteiger partial charge < -0.3 is 14.8 Å². The predicted molar refractivity (Wildman–Crippen MR) is 109 cm³/mol. The van der Waals surface area contributed by atoms with Gasteiger partial charge in [-0.25, -0.2) is 9.59 Å². The molecular formula is C21H23ClN2O5. The molecule has 2 rings (SSSR count). The Morgan fingerprint density at radius 1 is 1.00 bits per heavy atom. The van der Waals surface area contributed by atoms with E-state index in [0.717, 1.165) is 5.56 Å². The highest BCUT2D eigenvalue weighted by atomic mass is 35.5. The zero-order valence-corrected chi connectivity index (χ0v) is 17.2. The SMILES string of the molecule is CC(C)NC(=O)NC(=O)C(C)OC(=O)c1ccccc1OCc1ccc(Cl)cc1. The first-order valence-electron chi connectivity index (χ1n) is 9.05. The summed E-state index contributed by atoms with van der Waals surface area (Å²) in [6.07, 6.45) is -1.16. The van der Waals surface area contributed by atoms with Gasteiger partial charge in [0.15, 0.2) is 6.10 Å². The third-order valence-corrected chi connectivity index (χ3v) is 3.98. The molecule has 7 nitrogen and oxygen atoms in total. The molecule has 3 amide bonds. The number of amides is 3. The van der Waals surface area contributed by atoms with Gasteiger partial charge in [-0.1, -0.05) is 35.9 Å². The maximum atomic E-state index is 12.5. The molecule has 154 valence electrons. The van der Waals surface area contributed by atoms with Gasteiger partial charge in [0.1, 0.15) is 17.9 Å². The van der Waals surface area contributed by atoms with Crippen LogP contribution < -0.4 is 15.4 Å². The lowest BCUT2D eigenvalue weighted by atomic mass is 10.2. The van der Waals surface area contributed by atoms with Gasteiger partial charge in [-0.2, -0.15) is 0 Å². The third-order valence-electron chi connectivity index (χ3n) is 3.72. The molecule has 0 aliphatic heterocycles. The van der Waals surface area contributed by atoms with Crippen molar-refractivity contribution in [3.05, 3.63) is 64.7 Å². The Hall–Kier alpha value is -3.06. The van der Waals surface area contributed by atoms with Crippen molar-refractivity contribution in [3.63, 3.8) is 0 Å². The molecule has 0 saturated carbocycles. The van der Waals surface area contributed by atoms with Crippen molar-refractivity contribution in [3.8, 4) is 5.75 Å². The van der Waals surface area contributed by atoms with Crippen molar-refractivity contribution in [2.75, 3.05) is 0 Å². The highest BCUT2D eigenvalue weighted by Gasteiger charge is 2.23. The number of benzene rings is 2. The Kier molecular flexibility index (Phi) is 8.03. The normalized spacial score (nSPS) is 11.5. The molecule has 0 spiro atoms. The molecule has 0 fully saturated rings. The summed E-state index contributed by atoms with van der Waals surface area (Å²) in [6, 6.07) is 12.9. The van der Waals surface area contributed by atoms with E-state index in [1.807, 2.05) is 12.1 Å². The summed E-state index contributed by atoms with van der Waals surface area (Å²) in [5, 5.41) is 5.26. The number of carbonyl (C=O) groups is 3.